The summed E-state index contributed by atoms with van der Waals surface area (Å²) in [6.07, 6.45) is 20.6. The Hall–Kier alpha value is 1.51. The summed E-state index contributed by atoms with van der Waals surface area (Å²) in [7, 11) is -4.32. The largest absolute Gasteiger partial charge is 1.00 e. The van der Waals surface area contributed by atoms with Crippen LogP contribution in [-0.2, 0) is 10.1 Å². The van der Waals surface area contributed by atoms with E-state index in [9.17, 15) is 18.1 Å². The third-order valence-electron chi connectivity index (χ3n) is 5.96. The molecule has 0 radical (unpaired) electrons. The second kappa shape index (κ2) is 23.7. The molecule has 0 aromatic heterocycles. The first-order valence-electron chi connectivity index (χ1n) is 12.5. The van der Waals surface area contributed by atoms with Crippen molar-refractivity contribution in [2.75, 3.05) is 0 Å². The fraction of sp³-hybridized carbons (Fsp3) is 1.00. The summed E-state index contributed by atoms with van der Waals surface area (Å²) in [6.45, 7) is 4.41. The molecule has 0 fully saturated rings. The second-order valence-electron chi connectivity index (χ2n) is 8.88. The molecule has 0 aromatic carbocycles. The minimum absolute atomic E-state index is 0. The molecule has 30 heavy (non-hydrogen) atoms. The second-order valence-corrected chi connectivity index (χ2v) is 10.5. The Bertz CT molecular complexity index is 442. The molecule has 0 aliphatic carbocycles. The van der Waals surface area contributed by atoms with Gasteiger partial charge in [0.2, 0.25) is 0 Å². The molecule has 0 aromatic rings. The number of aliphatic hydroxyl groups excluding tert-OH is 1. The van der Waals surface area contributed by atoms with Crippen LogP contribution in [-0.4, -0.2) is 29.4 Å². The number of aliphatic hydroxyl groups is 1. The van der Waals surface area contributed by atoms with Crippen LogP contribution in [0.1, 0.15) is 142 Å². The Labute approximate surface area is 230 Å². The average molecular weight is 473 g/mol. The van der Waals surface area contributed by atoms with Crippen molar-refractivity contribution in [3.05, 3.63) is 0 Å². The molecule has 0 heterocycles. The molecule has 176 valence electrons. The molecule has 1 N–H and O–H groups in total. The van der Waals surface area contributed by atoms with Gasteiger partial charge in [0.15, 0.2) is 0 Å². The molecule has 0 amide bonds. The smallest absolute Gasteiger partial charge is 0.748 e. The van der Waals surface area contributed by atoms with Gasteiger partial charge in [-0.2, -0.15) is 0 Å². The fourth-order valence-corrected chi connectivity index (χ4v) is 4.91. The van der Waals surface area contributed by atoms with Gasteiger partial charge in [-0.1, -0.05) is 123 Å². The van der Waals surface area contributed by atoms with Gasteiger partial charge >= 0.3 is 51.4 Å². The van der Waals surface area contributed by atoms with E-state index in [-0.39, 0.29) is 57.8 Å². The van der Waals surface area contributed by atoms with Crippen LogP contribution in [0.3, 0.4) is 0 Å². The first-order valence-corrected chi connectivity index (χ1v) is 14.0. The minimum atomic E-state index is -4.32. The van der Waals surface area contributed by atoms with Gasteiger partial charge in [-0.25, -0.2) is 8.42 Å². The third kappa shape index (κ3) is 22.7. The van der Waals surface area contributed by atoms with E-state index in [4.69, 9.17) is 0 Å². The number of hydrogen-bond donors (Lipinski definition) is 1. The van der Waals surface area contributed by atoms with Crippen molar-refractivity contribution < 1.29 is 69.5 Å². The van der Waals surface area contributed by atoms with Gasteiger partial charge in [0.25, 0.3) is 0 Å². The van der Waals surface area contributed by atoms with Gasteiger partial charge in [0, 0.05) is 0 Å². The van der Waals surface area contributed by atoms with Crippen LogP contribution in [0.25, 0.3) is 0 Å². The standard InChI is InChI=1S/C24H50O4S.K/c1-3-5-7-9-11-12-13-14-15-16-18-20-23(25)22-24(29(26,27)28)21-19-17-10-8-6-4-2;/h23-25H,3-22H2,1-2H3,(H,26,27,28);/q;+1/p-1. The quantitative estimate of drug-likeness (QED) is 0.146. The van der Waals surface area contributed by atoms with E-state index in [0.717, 1.165) is 32.1 Å². The zero-order chi connectivity index (χ0) is 21.8. The molecule has 0 bridgehead atoms. The summed E-state index contributed by atoms with van der Waals surface area (Å²) < 4.78 is 34.6. The normalized spacial score (nSPS) is 13.7. The van der Waals surface area contributed by atoms with E-state index < -0.39 is 21.5 Å². The van der Waals surface area contributed by atoms with Crippen molar-refractivity contribution in [1.82, 2.24) is 0 Å². The van der Waals surface area contributed by atoms with Gasteiger partial charge in [-0.05, 0) is 19.3 Å². The predicted octanol–water partition coefficient (Wildman–Crippen LogP) is 4.11. The molecular weight excluding hydrogens is 423 g/mol. The van der Waals surface area contributed by atoms with E-state index in [2.05, 4.69) is 13.8 Å². The summed E-state index contributed by atoms with van der Waals surface area (Å²) in [5, 5.41) is 9.28. The van der Waals surface area contributed by atoms with Gasteiger partial charge in [0.1, 0.15) is 0 Å². The molecule has 4 nitrogen and oxygen atoms in total. The zero-order valence-corrected chi connectivity index (χ0v) is 24.3. The minimum Gasteiger partial charge on any atom is -0.748 e. The summed E-state index contributed by atoms with van der Waals surface area (Å²) >= 11 is 0. The summed E-state index contributed by atoms with van der Waals surface area (Å²) in [6, 6.07) is 0. The van der Waals surface area contributed by atoms with Crippen molar-refractivity contribution >= 4 is 10.1 Å². The third-order valence-corrected chi connectivity index (χ3v) is 7.21. The summed E-state index contributed by atoms with van der Waals surface area (Å²) in [5.41, 5.74) is 0. The molecule has 0 rings (SSSR count). The van der Waals surface area contributed by atoms with E-state index in [1.807, 2.05) is 0 Å². The maximum absolute atomic E-state index is 11.5. The molecule has 6 heteroatoms. The van der Waals surface area contributed by atoms with Gasteiger partial charge < -0.3 is 9.66 Å². The molecule has 2 atom stereocenters. The van der Waals surface area contributed by atoms with Crippen LogP contribution in [0, 0.1) is 0 Å². The van der Waals surface area contributed by atoms with Crippen LogP contribution in [0.4, 0.5) is 0 Å². The topological polar surface area (TPSA) is 77.4 Å². The van der Waals surface area contributed by atoms with Gasteiger partial charge in [-0.3, -0.25) is 0 Å². The van der Waals surface area contributed by atoms with Crippen LogP contribution in [0.2, 0.25) is 0 Å². The number of rotatable bonds is 22. The molecule has 0 aliphatic rings. The maximum Gasteiger partial charge on any atom is 1.00 e. The van der Waals surface area contributed by atoms with Gasteiger partial charge in [0.05, 0.1) is 21.5 Å². The van der Waals surface area contributed by atoms with Crippen molar-refractivity contribution in [1.29, 1.82) is 0 Å². The maximum atomic E-state index is 11.5. The Kier molecular flexibility index (Phi) is 26.6. The monoisotopic (exact) mass is 472 g/mol. The zero-order valence-electron chi connectivity index (χ0n) is 20.4. The van der Waals surface area contributed by atoms with Crippen LogP contribution < -0.4 is 51.4 Å². The van der Waals surface area contributed by atoms with Crippen molar-refractivity contribution in [2.45, 2.75) is 154 Å². The van der Waals surface area contributed by atoms with Crippen LogP contribution in [0.15, 0.2) is 0 Å². The first-order chi connectivity index (χ1) is 13.9. The molecule has 0 aliphatic heterocycles. The van der Waals surface area contributed by atoms with Crippen molar-refractivity contribution in [3.8, 4) is 0 Å². The van der Waals surface area contributed by atoms with E-state index in [1.54, 1.807) is 0 Å². The van der Waals surface area contributed by atoms with Gasteiger partial charge in [-0.15, -0.1) is 0 Å². The molecular formula is C24H49KO4S. The molecule has 0 spiro atoms. The fourth-order valence-electron chi connectivity index (χ4n) is 4.00. The summed E-state index contributed by atoms with van der Waals surface area (Å²) in [4.78, 5) is 0. The molecule has 0 saturated heterocycles. The first kappa shape index (κ1) is 33.7. The van der Waals surface area contributed by atoms with E-state index in [0.29, 0.717) is 12.8 Å². The van der Waals surface area contributed by atoms with Crippen molar-refractivity contribution in [2.24, 2.45) is 0 Å². The Morgan fingerprint density at radius 2 is 0.967 bits per heavy atom. The van der Waals surface area contributed by atoms with Crippen LogP contribution >= 0.6 is 0 Å². The Balaban J connectivity index is 0. The SMILES string of the molecule is CCCCCCCCCCCCCC(O)CC(CCCCCCCC)S(=O)(=O)[O-].[K+]. The summed E-state index contributed by atoms with van der Waals surface area (Å²) in [5.74, 6) is 0. The number of unbranched alkanes of at least 4 members (excludes halogenated alkanes) is 15. The average Bonchev–Trinajstić information content (AvgIpc) is 2.67. The Morgan fingerprint density at radius 1 is 0.633 bits per heavy atom. The molecule has 2 unspecified atom stereocenters. The number of hydrogen-bond acceptors (Lipinski definition) is 4. The van der Waals surface area contributed by atoms with E-state index in [1.165, 1.54) is 77.0 Å². The molecule has 0 saturated carbocycles. The van der Waals surface area contributed by atoms with Crippen molar-refractivity contribution in [3.63, 3.8) is 0 Å². The Morgan fingerprint density at radius 3 is 1.33 bits per heavy atom. The van der Waals surface area contributed by atoms with E-state index >= 15 is 0 Å². The predicted molar refractivity (Wildman–Crippen MR) is 123 cm³/mol. The van der Waals surface area contributed by atoms with Crippen LogP contribution in [0.5, 0.6) is 0 Å².